The fourth-order valence-electron chi connectivity index (χ4n) is 3.60. The molecule has 3 aromatic rings. The van der Waals surface area contributed by atoms with Crippen molar-refractivity contribution in [3.8, 4) is 0 Å². The molecule has 1 aliphatic heterocycles. The second-order valence-electron chi connectivity index (χ2n) is 7.31. The van der Waals surface area contributed by atoms with Gasteiger partial charge in [-0.2, -0.15) is 0 Å². The molecule has 0 atom stereocenters. The first-order chi connectivity index (χ1) is 14.5. The summed E-state index contributed by atoms with van der Waals surface area (Å²) in [6.45, 7) is 6.96. The van der Waals surface area contributed by atoms with E-state index in [-0.39, 0.29) is 18.3 Å². The minimum atomic E-state index is -0.0488. The topological polar surface area (TPSA) is 45.7 Å². The number of fused-ring (bicyclic) bond motifs is 1. The van der Waals surface area contributed by atoms with Crippen molar-refractivity contribution in [2.45, 2.75) is 13.3 Å². The Bertz CT molecular complexity index is 1060. The van der Waals surface area contributed by atoms with Crippen LogP contribution < -0.4 is 4.90 Å². The number of hydrogen-bond acceptors (Lipinski definition) is 5. The number of ether oxygens (including phenoxy) is 1. The van der Waals surface area contributed by atoms with Crippen molar-refractivity contribution >= 4 is 72.5 Å². The number of rotatable bonds is 6. The molecule has 166 valence electrons. The van der Waals surface area contributed by atoms with Gasteiger partial charge in [0.25, 0.3) is 5.91 Å². The summed E-state index contributed by atoms with van der Waals surface area (Å²) >= 11 is 11.3. The smallest absolute Gasteiger partial charge is 0.261 e. The largest absolute Gasteiger partial charge is 0.379 e. The summed E-state index contributed by atoms with van der Waals surface area (Å²) in [5, 5.41) is 1.39. The van der Waals surface area contributed by atoms with E-state index in [2.05, 4.69) is 20.8 Å². The summed E-state index contributed by atoms with van der Waals surface area (Å²) in [7, 11) is 0. The van der Waals surface area contributed by atoms with E-state index in [0.29, 0.717) is 22.3 Å². The molecule has 1 saturated heterocycles. The fraction of sp³-hybridized carbons (Fsp3) is 0.364. The minimum Gasteiger partial charge on any atom is -0.379 e. The molecule has 1 aliphatic rings. The van der Waals surface area contributed by atoms with Crippen molar-refractivity contribution in [3.63, 3.8) is 0 Å². The normalized spacial score (nSPS) is 14.4. The Morgan fingerprint density at radius 3 is 2.77 bits per heavy atom. The lowest BCUT2D eigenvalue weighted by Crippen LogP contribution is -2.39. The molecule has 1 fully saturated rings. The van der Waals surface area contributed by atoms with Crippen molar-refractivity contribution < 1.29 is 9.53 Å². The van der Waals surface area contributed by atoms with Crippen LogP contribution in [0.2, 0.25) is 5.02 Å². The maximum atomic E-state index is 13.5. The fourth-order valence-corrected chi connectivity index (χ4v) is 5.50. The first-order valence-electron chi connectivity index (χ1n) is 9.96. The number of benzene rings is 2. The predicted octanol–water partition coefficient (Wildman–Crippen LogP) is 5.81. The number of carbonyl (C=O) groups is 1. The Balaban J connectivity index is 0.00000272. The van der Waals surface area contributed by atoms with Crippen LogP contribution in [0.25, 0.3) is 10.2 Å². The summed E-state index contributed by atoms with van der Waals surface area (Å²) in [4.78, 5) is 22.5. The monoisotopic (exact) mass is 543 g/mol. The van der Waals surface area contributed by atoms with Crippen LogP contribution in [0.15, 0.2) is 40.9 Å². The van der Waals surface area contributed by atoms with Crippen molar-refractivity contribution in [2.75, 3.05) is 44.3 Å². The molecule has 5 nitrogen and oxygen atoms in total. The molecule has 0 saturated carbocycles. The highest BCUT2D eigenvalue weighted by Gasteiger charge is 2.23. The van der Waals surface area contributed by atoms with Crippen molar-refractivity contribution in [1.82, 2.24) is 9.88 Å². The highest BCUT2D eigenvalue weighted by Crippen LogP contribution is 2.34. The zero-order valence-electron chi connectivity index (χ0n) is 17.1. The van der Waals surface area contributed by atoms with Gasteiger partial charge in [0.05, 0.1) is 29.0 Å². The van der Waals surface area contributed by atoms with E-state index in [0.717, 1.165) is 59.5 Å². The SMILES string of the molecule is Cc1cc(Cl)cc2sc(N(CCCN3CCOCC3)C(=O)c3ccccc3Br)nc12.Cl. The molecule has 4 rings (SSSR count). The van der Waals surface area contributed by atoms with Crippen molar-refractivity contribution in [3.05, 3.63) is 57.0 Å². The van der Waals surface area contributed by atoms with Gasteiger partial charge in [0, 0.05) is 35.7 Å². The molecule has 2 heterocycles. The number of anilines is 1. The third-order valence-corrected chi connectivity index (χ3v) is 7.11. The lowest BCUT2D eigenvalue weighted by atomic mass is 10.2. The van der Waals surface area contributed by atoms with Crippen LogP contribution in [-0.4, -0.2) is 55.2 Å². The molecule has 0 radical (unpaired) electrons. The number of aryl methyl sites for hydroxylation is 1. The Hall–Kier alpha value is -1.22. The third-order valence-electron chi connectivity index (χ3n) is 5.18. The molecule has 0 unspecified atom stereocenters. The van der Waals surface area contributed by atoms with E-state index in [9.17, 15) is 4.79 Å². The molecule has 31 heavy (non-hydrogen) atoms. The maximum absolute atomic E-state index is 13.5. The molecule has 0 bridgehead atoms. The van der Waals surface area contributed by atoms with Gasteiger partial charge in [0.15, 0.2) is 5.13 Å². The second-order valence-corrected chi connectivity index (χ2v) is 9.61. The van der Waals surface area contributed by atoms with Crippen LogP contribution >= 0.6 is 51.3 Å². The van der Waals surface area contributed by atoms with E-state index in [1.807, 2.05) is 43.3 Å². The molecule has 2 aromatic carbocycles. The van der Waals surface area contributed by atoms with Crippen LogP contribution in [0.3, 0.4) is 0 Å². The van der Waals surface area contributed by atoms with Gasteiger partial charge in [-0.25, -0.2) is 4.98 Å². The molecule has 1 aromatic heterocycles. The van der Waals surface area contributed by atoms with Gasteiger partial charge in [-0.05, 0) is 59.1 Å². The van der Waals surface area contributed by atoms with E-state index < -0.39 is 0 Å². The number of hydrogen-bond donors (Lipinski definition) is 0. The minimum absolute atomic E-state index is 0. The highest BCUT2D eigenvalue weighted by molar-refractivity contribution is 9.10. The molecule has 0 aliphatic carbocycles. The number of halogens is 3. The van der Waals surface area contributed by atoms with Crippen LogP contribution in [0, 0.1) is 6.92 Å². The van der Waals surface area contributed by atoms with Crippen LogP contribution in [-0.2, 0) is 4.74 Å². The summed E-state index contributed by atoms with van der Waals surface area (Å²) in [5.41, 5.74) is 2.55. The summed E-state index contributed by atoms with van der Waals surface area (Å²) in [6, 6.07) is 11.3. The Morgan fingerprint density at radius 1 is 1.29 bits per heavy atom. The zero-order valence-corrected chi connectivity index (χ0v) is 21.1. The van der Waals surface area contributed by atoms with E-state index in [1.165, 1.54) is 11.3 Å². The van der Waals surface area contributed by atoms with E-state index in [4.69, 9.17) is 21.3 Å². The highest BCUT2D eigenvalue weighted by atomic mass is 79.9. The number of morpholine rings is 1. The van der Waals surface area contributed by atoms with Gasteiger partial charge in [-0.15, -0.1) is 12.4 Å². The van der Waals surface area contributed by atoms with Crippen LogP contribution in [0.1, 0.15) is 22.3 Å². The number of amides is 1. The van der Waals surface area contributed by atoms with E-state index >= 15 is 0 Å². The first kappa shape index (κ1) is 24.4. The summed E-state index contributed by atoms with van der Waals surface area (Å²) in [5.74, 6) is -0.0488. The average molecular weight is 545 g/mol. The molecule has 9 heteroatoms. The average Bonchev–Trinajstić information content (AvgIpc) is 3.16. The third kappa shape index (κ3) is 5.78. The first-order valence-corrected chi connectivity index (χ1v) is 11.9. The van der Waals surface area contributed by atoms with Crippen LogP contribution in [0.4, 0.5) is 5.13 Å². The Morgan fingerprint density at radius 2 is 2.03 bits per heavy atom. The van der Waals surface area contributed by atoms with Crippen molar-refractivity contribution in [2.24, 2.45) is 0 Å². The molecule has 0 spiro atoms. The number of carbonyl (C=O) groups excluding carboxylic acids is 1. The number of nitrogens with zero attached hydrogens (tertiary/aromatic N) is 3. The van der Waals surface area contributed by atoms with Crippen molar-refractivity contribution in [1.29, 1.82) is 0 Å². The van der Waals surface area contributed by atoms with E-state index in [1.54, 1.807) is 4.90 Å². The number of thiazole rings is 1. The predicted molar refractivity (Wildman–Crippen MR) is 134 cm³/mol. The molecular weight excluding hydrogens is 521 g/mol. The van der Waals surface area contributed by atoms with Gasteiger partial charge in [0.1, 0.15) is 0 Å². The number of aromatic nitrogens is 1. The molecule has 0 N–H and O–H groups in total. The lowest BCUT2D eigenvalue weighted by molar-refractivity contribution is 0.0376. The van der Waals surface area contributed by atoms with Gasteiger partial charge in [-0.3, -0.25) is 14.6 Å². The molecule has 1 amide bonds. The lowest BCUT2D eigenvalue weighted by Gasteiger charge is -2.27. The van der Waals surface area contributed by atoms with Gasteiger partial charge < -0.3 is 4.74 Å². The van der Waals surface area contributed by atoms with Gasteiger partial charge in [-0.1, -0.05) is 35.1 Å². The zero-order chi connectivity index (χ0) is 21.1. The summed E-state index contributed by atoms with van der Waals surface area (Å²) in [6.07, 6.45) is 0.867. The quantitative estimate of drug-likeness (QED) is 0.392. The van der Waals surface area contributed by atoms with Gasteiger partial charge in [0.2, 0.25) is 0 Å². The second kappa shape index (κ2) is 11.1. The molecular formula is C22H24BrCl2N3O2S. The standard InChI is InChI=1S/C22H23BrClN3O2S.ClH/c1-15-13-16(24)14-19-20(15)25-22(30-19)27(8-4-7-26-9-11-29-12-10-26)21(28)17-5-2-3-6-18(17)23;/h2-3,5-6,13-14H,4,7-12H2,1H3;1H. The summed E-state index contributed by atoms with van der Waals surface area (Å²) < 4.78 is 7.21. The van der Waals surface area contributed by atoms with Gasteiger partial charge >= 0.3 is 0 Å². The maximum Gasteiger partial charge on any atom is 0.261 e. The Labute approximate surface area is 205 Å². The Kier molecular flexibility index (Phi) is 8.73. The van der Waals surface area contributed by atoms with Crippen LogP contribution in [0.5, 0.6) is 0 Å².